The second-order valence-electron chi connectivity index (χ2n) is 3.74. The zero-order chi connectivity index (χ0) is 10.5. The van der Waals surface area contributed by atoms with E-state index >= 15 is 0 Å². The van der Waals surface area contributed by atoms with Gasteiger partial charge >= 0.3 is 12.1 Å². The lowest BCUT2D eigenvalue weighted by Crippen LogP contribution is -2.38. The highest BCUT2D eigenvalue weighted by atomic mass is 19.4. The molecule has 1 unspecified atom stereocenters. The fourth-order valence-corrected chi connectivity index (χ4v) is 2.22. The van der Waals surface area contributed by atoms with Crippen molar-refractivity contribution in [3.05, 3.63) is 0 Å². The van der Waals surface area contributed by atoms with Gasteiger partial charge in [-0.1, -0.05) is 0 Å². The van der Waals surface area contributed by atoms with Crippen LogP contribution in [-0.4, -0.2) is 31.3 Å². The summed E-state index contributed by atoms with van der Waals surface area (Å²) in [5.41, 5.74) is 0. The summed E-state index contributed by atoms with van der Waals surface area (Å²) in [5, 5.41) is 2.64. The number of hydrogen-bond donors (Lipinski definition) is 1. The Labute approximate surface area is 78.6 Å². The van der Waals surface area contributed by atoms with Crippen molar-refractivity contribution in [2.45, 2.75) is 24.7 Å². The average Bonchev–Trinajstić information content (AvgIpc) is 2.63. The van der Waals surface area contributed by atoms with Gasteiger partial charge in [0, 0.05) is 6.04 Å². The van der Waals surface area contributed by atoms with Crippen LogP contribution in [0.15, 0.2) is 0 Å². The number of esters is 1. The molecule has 14 heavy (non-hydrogen) atoms. The van der Waals surface area contributed by atoms with Crippen molar-refractivity contribution in [1.82, 2.24) is 5.32 Å². The zero-order valence-electron chi connectivity index (χ0n) is 7.47. The molecule has 1 saturated heterocycles. The maximum atomic E-state index is 12.2. The maximum absolute atomic E-state index is 12.2. The Bertz CT molecular complexity index is 254. The molecule has 0 aromatic carbocycles. The van der Waals surface area contributed by atoms with Crippen LogP contribution >= 0.6 is 0 Å². The van der Waals surface area contributed by atoms with Crippen molar-refractivity contribution in [1.29, 1.82) is 0 Å². The van der Waals surface area contributed by atoms with Crippen molar-refractivity contribution < 1.29 is 22.7 Å². The number of carbonyl (C=O) groups is 1. The fraction of sp³-hybridized carbons (Fsp3) is 0.875. The van der Waals surface area contributed by atoms with Gasteiger partial charge in [0.2, 0.25) is 0 Å². The number of halogens is 3. The molecule has 0 aromatic rings. The molecule has 1 aliphatic carbocycles. The molecule has 2 aliphatic rings. The number of ether oxygens (including phenoxy) is 1. The van der Waals surface area contributed by atoms with E-state index in [-0.39, 0.29) is 6.42 Å². The lowest BCUT2D eigenvalue weighted by atomic mass is 10.1. The molecule has 0 spiro atoms. The fourth-order valence-electron chi connectivity index (χ4n) is 2.22. The normalized spacial score (nSPS) is 40.6. The molecule has 1 aliphatic heterocycles. The predicted molar refractivity (Wildman–Crippen MR) is 40.4 cm³/mol. The van der Waals surface area contributed by atoms with Crippen LogP contribution in [0.1, 0.15) is 6.42 Å². The van der Waals surface area contributed by atoms with Crippen molar-refractivity contribution in [2.75, 3.05) is 7.11 Å². The van der Waals surface area contributed by atoms with Gasteiger partial charge < -0.3 is 10.1 Å². The molecule has 0 bridgehead atoms. The number of rotatable bonds is 1. The van der Waals surface area contributed by atoms with E-state index in [1.165, 1.54) is 7.11 Å². The van der Waals surface area contributed by atoms with Crippen LogP contribution in [0.3, 0.4) is 0 Å². The molecule has 1 N–H and O–H groups in total. The third-order valence-corrected chi connectivity index (χ3v) is 2.93. The summed E-state index contributed by atoms with van der Waals surface area (Å²) in [6.07, 6.45) is -3.90. The van der Waals surface area contributed by atoms with Gasteiger partial charge in [-0.2, -0.15) is 13.2 Å². The Balaban J connectivity index is 1.91. The number of methoxy groups -OCH3 is 1. The van der Waals surface area contributed by atoms with Crippen molar-refractivity contribution >= 4 is 5.97 Å². The summed E-state index contributed by atoms with van der Waals surface area (Å²) in [7, 11) is 1.23. The summed E-state index contributed by atoms with van der Waals surface area (Å²) >= 11 is 0. The molecule has 1 saturated carbocycles. The molecule has 0 aromatic heterocycles. The third kappa shape index (κ3) is 1.37. The average molecular weight is 209 g/mol. The largest absolute Gasteiger partial charge is 0.468 e. The van der Waals surface area contributed by atoms with Gasteiger partial charge in [0.15, 0.2) is 0 Å². The number of alkyl halides is 3. The van der Waals surface area contributed by atoms with Gasteiger partial charge in [-0.15, -0.1) is 0 Å². The Morgan fingerprint density at radius 3 is 2.50 bits per heavy atom. The molecule has 6 heteroatoms. The summed E-state index contributed by atoms with van der Waals surface area (Å²) in [6.45, 7) is 0. The molecule has 2 rings (SSSR count). The molecule has 0 amide bonds. The minimum absolute atomic E-state index is 0.238. The number of carbonyl (C=O) groups excluding carboxylic acids is 1. The second kappa shape index (κ2) is 2.85. The summed E-state index contributed by atoms with van der Waals surface area (Å²) in [6, 6.07) is -1.12. The van der Waals surface area contributed by atoms with E-state index in [0.29, 0.717) is 0 Å². The minimum atomic E-state index is -4.14. The topological polar surface area (TPSA) is 38.3 Å². The molecule has 4 atom stereocenters. The van der Waals surface area contributed by atoms with Gasteiger partial charge in [0.1, 0.15) is 6.04 Å². The van der Waals surface area contributed by atoms with Crippen LogP contribution in [-0.2, 0) is 9.53 Å². The first-order valence-corrected chi connectivity index (χ1v) is 4.35. The van der Waals surface area contributed by atoms with Crippen LogP contribution in [0.25, 0.3) is 0 Å². The Hall–Kier alpha value is -0.780. The monoisotopic (exact) mass is 209 g/mol. The number of nitrogens with one attached hydrogen (secondary N) is 1. The summed E-state index contributed by atoms with van der Waals surface area (Å²) in [5.74, 6) is -2.17. The first-order valence-electron chi connectivity index (χ1n) is 4.35. The smallest absolute Gasteiger partial charge is 0.393 e. The predicted octanol–water partition coefficient (Wildman–Crippen LogP) is 0.698. The first kappa shape index (κ1) is 9.76. The van der Waals surface area contributed by atoms with Gasteiger partial charge in [-0.05, 0) is 12.3 Å². The summed E-state index contributed by atoms with van der Waals surface area (Å²) in [4.78, 5) is 11.0. The van der Waals surface area contributed by atoms with Gasteiger partial charge in [0.25, 0.3) is 0 Å². The molecule has 80 valence electrons. The van der Waals surface area contributed by atoms with E-state index in [0.717, 1.165) is 0 Å². The lowest BCUT2D eigenvalue weighted by Gasteiger charge is -2.14. The Morgan fingerprint density at radius 2 is 2.14 bits per heavy atom. The molecule has 3 nitrogen and oxygen atoms in total. The van der Waals surface area contributed by atoms with Crippen LogP contribution in [0.2, 0.25) is 0 Å². The maximum Gasteiger partial charge on any atom is 0.393 e. The van der Waals surface area contributed by atoms with Gasteiger partial charge in [0.05, 0.1) is 13.0 Å². The number of fused-ring (bicyclic) bond motifs is 1. The molecular weight excluding hydrogens is 199 g/mol. The van der Waals surface area contributed by atoms with Gasteiger partial charge in [-0.3, -0.25) is 4.79 Å². The van der Waals surface area contributed by atoms with E-state index in [1.54, 1.807) is 0 Å². The van der Waals surface area contributed by atoms with E-state index in [9.17, 15) is 18.0 Å². The number of piperidine rings is 1. The van der Waals surface area contributed by atoms with Crippen molar-refractivity contribution in [3.8, 4) is 0 Å². The summed E-state index contributed by atoms with van der Waals surface area (Å²) < 4.78 is 41.1. The Kier molecular flexibility index (Phi) is 1.99. The standard InChI is InChI=1S/C8H10F3NO2/c1-14-7(13)4-2-3-5(6(3)12-4)8(9,10)11/h3-6,12H,2H2,1H3/t3-,4+,5?,6-/m1/s1. The highest BCUT2D eigenvalue weighted by molar-refractivity contribution is 5.76. The molecule has 1 heterocycles. The minimum Gasteiger partial charge on any atom is -0.468 e. The zero-order valence-corrected chi connectivity index (χ0v) is 7.47. The van der Waals surface area contributed by atoms with E-state index < -0.39 is 36.1 Å². The van der Waals surface area contributed by atoms with Crippen LogP contribution in [0.5, 0.6) is 0 Å². The molecule has 2 fully saturated rings. The second-order valence-corrected chi connectivity index (χ2v) is 3.74. The van der Waals surface area contributed by atoms with Crippen LogP contribution in [0.4, 0.5) is 13.2 Å². The van der Waals surface area contributed by atoms with E-state index in [2.05, 4.69) is 10.1 Å². The molecular formula is C8H10F3NO2. The van der Waals surface area contributed by atoms with E-state index in [1.807, 2.05) is 0 Å². The molecule has 0 radical (unpaired) electrons. The third-order valence-electron chi connectivity index (χ3n) is 2.93. The number of hydrogen-bond acceptors (Lipinski definition) is 3. The van der Waals surface area contributed by atoms with Gasteiger partial charge in [-0.25, -0.2) is 0 Å². The Morgan fingerprint density at radius 1 is 1.50 bits per heavy atom. The van der Waals surface area contributed by atoms with E-state index in [4.69, 9.17) is 0 Å². The quantitative estimate of drug-likeness (QED) is 0.646. The highest BCUT2D eigenvalue weighted by Gasteiger charge is 2.68. The lowest BCUT2D eigenvalue weighted by molar-refractivity contribution is -0.157. The van der Waals surface area contributed by atoms with Crippen LogP contribution in [0, 0.1) is 11.8 Å². The first-order chi connectivity index (χ1) is 6.45. The SMILES string of the molecule is COC(=O)[C@@H]1C[C@@H]2C(C(F)(F)F)[C@@H]2N1. The van der Waals surface area contributed by atoms with Crippen molar-refractivity contribution in [2.24, 2.45) is 11.8 Å². The van der Waals surface area contributed by atoms with Crippen molar-refractivity contribution in [3.63, 3.8) is 0 Å². The highest BCUT2D eigenvalue weighted by Crippen LogP contribution is 2.55. The van der Waals surface area contributed by atoms with Crippen LogP contribution < -0.4 is 5.32 Å².